The molecule has 1 amide bonds. The third kappa shape index (κ3) is 3.55. The van der Waals surface area contributed by atoms with E-state index >= 15 is 0 Å². The Morgan fingerprint density at radius 2 is 2.25 bits per heavy atom. The lowest BCUT2D eigenvalue weighted by molar-refractivity contribution is -0.389. The molecule has 0 saturated heterocycles. The molecule has 0 fully saturated rings. The van der Waals surface area contributed by atoms with Crippen molar-refractivity contribution in [2.24, 2.45) is 0 Å². The lowest BCUT2D eigenvalue weighted by atomic mass is 10.2. The molecule has 1 aromatic carbocycles. The Balaban J connectivity index is 1.67. The van der Waals surface area contributed by atoms with Crippen molar-refractivity contribution in [1.29, 1.82) is 0 Å². The molecule has 0 aliphatic carbocycles. The molecule has 3 rings (SSSR count). The summed E-state index contributed by atoms with van der Waals surface area (Å²) in [6.07, 6.45) is 1.45. The van der Waals surface area contributed by atoms with Gasteiger partial charge < -0.3 is 10.1 Å². The number of carbonyl (C=O) groups excluding carboxylic acids is 1. The maximum atomic E-state index is 11.9. The van der Waals surface area contributed by atoms with Gasteiger partial charge in [-0.05, 0) is 22.6 Å². The van der Waals surface area contributed by atoms with Crippen molar-refractivity contribution >= 4 is 29.3 Å². The fraction of sp³-hybridized carbons (Fsp3) is 0.0769. The van der Waals surface area contributed by atoms with E-state index in [1.807, 2.05) is 12.1 Å². The quantitative estimate of drug-likeness (QED) is 0.534. The van der Waals surface area contributed by atoms with Gasteiger partial charge in [-0.25, -0.2) is 9.67 Å². The van der Waals surface area contributed by atoms with Crippen LogP contribution in [0.1, 0.15) is 16.1 Å². The van der Waals surface area contributed by atoms with E-state index in [0.717, 1.165) is 11.6 Å². The van der Waals surface area contributed by atoms with Crippen molar-refractivity contribution < 1.29 is 9.72 Å². The van der Waals surface area contributed by atoms with Crippen molar-refractivity contribution in [1.82, 2.24) is 25.0 Å². The first-order valence-corrected chi connectivity index (χ1v) is 7.04. The van der Waals surface area contributed by atoms with E-state index < -0.39 is 10.8 Å². The number of aromatic amines is 1. The molecule has 0 atom stereocenters. The van der Waals surface area contributed by atoms with E-state index in [1.54, 1.807) is 12.1 Å². The van der Waals surface area contributed by atoms with Crippen LogP contribution in [0.2, 0.25) is 5.02 Å². The van der Waals surface area contributed by atoms with Gasteiger partial charge in [-0.1, -0.05) is 28.8 Å². The summed E-state index contributed by atoms with van der Waals surface area (Å²) in [4.78, 5) is 25.8. The number of aromatic nitrogens is 5. The molecule has 0 aliphatic rings. The molecule has 0 radical (unpaired) electrons. The minimum Gasteiger partial charge on any atom is -0.358 e. The first kappa shape index (κ1) is 15.6. The second-order valence-corrected chi connectivity index (χ2v) is 5.18. The molecule has 0 saturated carbocycles. The molecule has 2 N–H and O–H groups in total. The van der Waals surface area contributed by atoms with Crippen LogP contribution in [-0.4, -0.2) is 35.8 Å². The lowest BCUT2D eigenvalue weighted by Crippen LogP contribution is -2.14. The number of carbonyl (C=O) groups is 1. The van der Waals surface area contributed by atoms with Crippen LogP contribution in [0.5, 0.6) is 0 Å². The van der Waals surface area contributed by atoms with E-state index in [9.17, 15) is 14.9 Å². The predicted octanol–water partition coefficient (Wildman–Crippen LogP) is 1.86. The first-order valence-electron chi connectivity index (χ1n) is 6.66. The summed E-state index contributed by atoms with van der Waals surface area (Å²) in [5.74, 6) is -0.966. The Hall–Kier alpha value is -3.27. The topological polar surface area (TPSA) is 132 Å². The molecule has 2 aromatic heterocycles. The fourth-order valence-corrected chi connectivity index (χ4v) is 2.15. The zero-order valence-corrected chi connectivity index (χ0v) is 12.8. The Kier molecular flexibility index (Phi) is 4.20. The van der Waals surface area contributed by atoms with Gasteiger partial charge in [0.25, 0.3) is 5.91 Å². The van der Waals surface area contributed by atoms with E-state index in [4.69, 9.17) is 11.6 Å². The number of hydrogen-bond donors (Lipinski definition) is 2. The van der Waals surface area contributed by atoms with Crippen molar-refractivity contribution in [2.45, 2.75) is 6.54 Å². The number of amides is 1. The Labute approximate surface area is 139 Å². The summed E-state index contributed by atoms with van der Waals surface area (Å²) < 4.78 is 1.52. The summed E-state index contributed by atoms with van der Waals surface area (Å²) in [6, 6.07) is 8.29. The van der Waals surface area contributed by atoms with Crippen molar-refractivity contribution in [3.05, 3.63) is 63.1 Å². The minimum atomic E-state index is -0.679. The van der Waals surface area contributed by atoms with Crippen molar-refractivity contribution in [3.63, 3.8) is 0 Å². The molecule has 10 nitrogen and oxygen atoms in total. The molecular formula is C13H10ClN7O3. The van der Waals surface area contributed by atoms with Crippen LogP contribution in [0.15, 0.2) is 36.7 Å². The van der Waals surface area contributed by atoms with E-state index in [-0.39, 0.29) is 17.5 Å². The number of rotatable bonds is 5. The van der Waals surface area contributed by atoms with Gasteiger partial charge in [0.05, 0.1) is 12.6 Å². The minimum absolute atomic E-state index is 0.0627. The molecule has 0 spiro atoms. The molecule has 11 heteroatoms. The number of H-pyrrole nitrogens is 1. The second kappa shape index (κ2) is 6.46. The van der Waals surface area contributed by atoms with Gasteiger partial charge >= 0.3 is 5.82 Å². The summed E-state index contributed by atoms with van der Waals surface area (Å²) in [5, 5.41) is 23.4. The molecular weight excluding hydrogens is 338 g/mol. The van der Waals surface area contributed by atoms with Gasteiger partial charge in [0.15, 0.2) is 5.69 Å². The number of halogens is 1. The van der Waals surface area contributed by atoms with E-state index in [2.05, 4.69) is 25.6 Å². The standard InChI is InChI=1S/C13H10ClN7O3/c14-9-3-1-2-8(4-9)6-20-7-15-13(19-20)16-12(22)10-5-11(18-17-10)21(23)24/h1-5,7H,6H2,(H,17,18)(H,16,19,22). The zero-order chi connectivity index (χ0) is 17.1. The molecule has 2 heterocycles. The van der Waals surface area contributed by atoms with Crippen LogP contribution < -0.4 is 5.32 Å². The van der Waals surface area contributed by atoms with Gasteiger partial charge in [-0.15, -0.1) is 10.2 Å². The average molecular weight is 348 g/mol. The van der Waals surface area contributed by atoms with E-state index in [1.165, 1.54) is 11.0 Å². The van der Waals surface area contributed by atoms with Gasteiger partial charge in [-0.3, -0.25) is 10.1 Å². The number of hydrogen-bond acceptors (Lipinski definition) is 6. The number of anilines is 1. The van der Waals surface area contributed by atoms with Gasteiger partial charge in [0, 0.05) is 5.02 Å². The van der Waals surface area contributed by atoms with Gasteiger partial charge in [0.2, 0.25) is 5.95 Å². The maximum absolute atomic E-state index is 11.9. The fourth-order valence-electron chi connectivity index (χ4n) is 1.94. The third-order valence-electron chi connectivity index (χ3n) is 2.99. The molecule has 0 unspecified atom stereocenters. The highest BCUT2D eigenvalue weighted by molar-refractivity contribution is 6.30. The predicted molar refractivity (Wildman–Crippen MR) is 83.8 cm³/mol. The molecule has 0 bridgehead atoms. The third-order valence-corrected chi connectivity index (χ3v) is 3.22. The highest BCUT2D eigenvalue weighted by atomic mass is 35.5. The summed E-state index contributed by atoms with van der Waals surface area (Å²) in [7, 11) is 0. The number of benzene rings is 1. The average Bonchev–Trinajstić information content (AvgIpc) is 3.17. The number of nitro groups is 1. The number of nitrogens with zero attached hydrogens (tertiary/aromatic N) is 5. The normalized spacial score (nSPS) is 10.5. The lowest BCUT2D eigenvalue weighted by Gasteiger charge is -2.01. The molecule has 3 aromatic rings. The summed E-state index contributed by atoms with van der Waals surface area (Å²) in [6.45, 7) is 0.428. The van der Waals surface area contributed by atoms with Crippen molar-refractivity contribution in [3.8, 4) is 0 Å². The SMILES string of the molecule is O=C(Nc1ncn(Cc2cccc(Cl)c2)n1)c1cc([N+](=O)[O-])[nH]n1. The molecule has 24 heavy (non-hydrogen) atoms. The first-order chi connectivity index (χ1) is 11.5. The van der Waals surface area contributed by atoms with Crippen LogP contribution in [0, 0.1) is 10.1 Å². The highest BCUT2D eigenvalue weighted by Crippen LogP contribution is 2.12. The Morgan fingerprint density at radius 1 is 1.42 bits per heavy atom. The maximum Gasteiger partial charge on any atom is 0.343 e. The molecule has 0 aliphatic heterocycles. The monoisotopic (exact) mass is 347 g/mol. The van der Waals surface area contributed by atoms with E-state index in [0.29, 0.717) is 11.6 Å². The summed E-state index contributed by atoms with van der Waals surface area (Å²) >= 11 is 5.92. The van der Waals surface area contributed by atoms with Gasteiger partial charge in [0.1, 0.15) is 6.33 Å². The van der Waals surface area contributed by atoms with Crippen LogP contribution in [0.4, 0.5) is 11.8 Å². The van der Waals surface area contributed by atoms with Crippen molar-refractivity contribution in [2.75, 3.05) is 5.32 Å². The van der Waals surface area contributed by atoms with Gasteiger partial charge in [-0.2, -0.15) is 0 Å². The molecule has 122 valence electrons. The second-order valence-electron chi connectivity index (χ2n) is 4.75. The summed E-state index contributed by atoms with van der Waals surface area (Å²) in [5.41, 5.74) is 0.793. The Bertz CT molecular complexity index is 904. The number of nitrogens with one attached hydrogen (secondary N) is 2. The largest absolute Gasteiger partial charge is 0.358 e. The van der Waals surface area contributed by atoms with Crippen LogP contribution in [0.3, 0.4) is 0 Å². The van der Waals surface area contributed by atoms with Crippen LogP contribution in [-0.2, 0) is 6.54 Å². The van der Waals surface area contributed by atoms with Crippen LogP contribution in [0.25, 0.3) is 0 Å². The zero-order valence-electron chi connectivity index (χ0n) is 12.0. The Morgan fingerprint density at radius 3 is 2.96 bits per heavy atom. The smallest absolute Gasteiger partial charge is 0.343 e. The highest BCUT2D eigenvalue weighted by Gasteiger charge is 2.17. The van der Waals surface area contributed by atoms with Crippen LogP contribution >= 0.6 is 11.6 Å².